The number of hydrogen-bond donors (Lipinski definition) is 1. The zero-order chi connectivity index (χ0) is 13.8. The van der Waals surface area contributed by atoms with Gasteiger partial charge in [0.15, 0.2) is 0 Å². The first-order valence-electron chi connectivity index (χ1n) is 6.88. The molecule has 19 heavy (non-hydrogen) atoms. The molecule has 0 amide bonds. The highest BCUT2D eigenvalue weighted by Crippen LogP contribution is 2.30. The van der Waals surface area contributed by atoms with E-state index in [4.69, 9.17) is 0 Å². The maximum atomic E-state index is 12.9. The quantitative estimate of drug-likeness (QED) is 0.903. The molecule has 1 saturated heterocycles. The van der Waals surface area contributed by atoms with E-state index in [1.165, 1.54) is 5.56 Å². The molecular formula is C15H22F2N2. The van der Waals surface area contributed by atoms with Gasteiger partial charge in [-0.3, -0.25) is 4.90 Å². The average molecular weight is 268 g/mol. The lowest BCUT2D eigenvalue weighted by atomic mass is 9.94. The average Bonchev–Trinajstić information content (AvgIpc) is 2.40. The van der Waals surface area contributed by atoms with E-state index in [0.717, 1.165) is 37.3 Å². The normalized spacial score (nSPS) is 18.8. The molecule has 1 fully saturated rings. The fraction of sp³-hybridized carbons (Fsp3) is 0.600. The molecule has 0 unspecified atom stereocenters. The Morgan fingerprint density at radius 3 is 2.53 bits per heavy atom. The fourth-order valence-electron chi connectivity index (χ4n) is 2.77. The molecule has 1 aliphatic heterocycles. The molecule has 1 aromatic carbocycles. The topological polar surface area (TPSA) is 15.3 Å². The number of halogens is 2. The summed E-state index contributed by atoms with van der Waals surface area (Å²) in [5, 5.41) is 3.27. The van der Waals surface area contributed by atoms with Crippen LogP contribution in [0.5, 0.6) is 0 Å². The number of nitrogens with zero attached hydrogens (tertiary/aromatic N) is 1. The third-order valence-corrected chi connectivity index (χ3v) is 4.00. The maximum absolute atomic E-state index is 12.9. The first kappa shape index (κ1) is 14.4. The van der Waals surface area contributed by atoms with E-state index in [2.05, 4.69) is 10.2 Å². The van der Waals surface area contributed by atoms with Crippen LogP contribution in [0, 0.1) is 13.8 Å². The zero-order valence-corrected chi connectivity index (χ0v) is 11.6. The van der Waals surface area contributed by atoms with Crippen LogP contribution < -0.4 is 5.32 Å². The lowest BCUT2D eigenvalue weighted by molar-refractivity contribution is 0.0736. The van der Waals surface area contributed by atoms with Crippen LogP contribution in [0.1, 0.15) is 29.2 Å². The first-order chi connectivity index (χ1) is 9.09. The highest BCUT2D eigenvalue weighted by atomic mass is 19.3. The van der Waals surface area contributed by atoms with E-state index in [9.17, 15) is 8.78 Å². The van der Waals surface area contributed by atoms with Gasteiger partial charge in [0.1, 0.15) is 0 Å². The first-order valence-corrected chi connectivity index (χ1v) is 6.88. The minimum absolute atomic E-state index is 0.0791. The van der Waals surface area contributed by atoms with Crippen LogP contribution in [0.25, 0.3) is 0 Å². The van der Waals surface area contributed by atoms with Gasteiger partial charge in [-0.25, -0.2) is 8.78 Å². The van der Waals surface area contributed by atoms with Crippen LogP contribution in [0.4, 0.5) is 8.78 Å². The summed E-state index contributed by atoms with van der Waals surface area (Å²) in [5.74, 6) is 0. The van der Waals surface area contributed by atoms with Gasteiger partial charge in [0.05, 0.1) is 0 Å². The van der Waals surface area contributed by atoms with Gasteiger partial charge < -0.3 is 5.32 Å². The Bertz CT molecular complexity index is 415. The third-order valence-electron chi connectivity index (χ3n) is 4.00. The molecule has 0 spiro atoms. The van der Waals surface area contributed by atoms with Gasteiger partial charge >= 0.3 is 0 Å². The molecule has 1 aliphatic rings. The third kappa shape index (κ3) is 3.51. The Morgan fingerprint density at radius 1 is 1.21 bits per heavy atom. The SMILES string of the molecule is Cc1cccc([C@@H](CC(F)F)N2CCNCC2)c1C. The van der Waals surface area contributed by atoms with Gasteiger partial charge in [-0.1, -0.05) is 18.2 Å². The number of nitrogens with one attached hydrogen (secondary N) is 1. The van der Waals surface area contributed by atoms with Crippen LogP contribution in [0.15, 0.2) is 18.2 Å². The molecule has 0 bridgehead atoms. The predicted molar refractivity (Wildman–Crippen MR) is 73.7 cm³/mol. The van der Waals surface area contributed by atoms with Crippen LogP contribution in [0.2, 0.25) is 0 Å². The number of piperazine rings is 1. The molecule has 0 aromatic heterocycles. The summed E-state index contributed by atoms with van der Waals surface area (Å²) in [6.07, 6.45) is -2.34. The van der Waals surface area contributed by atoms with E-state index in [0.29, 0.717) is 0 Å². The molecule has 1 atom stereocenters. The van der Waals surface area contributed by atoms with Gasteiger partial charge in [0.2, 0.25) is 6.43 Å². The van der Waals surface area contributed by atoms with Gasteiger partial charge in [0.25, 0.3) is 0 Å². The lowest BCUT2D eigenvalue weighted by Gasteiger charge is -2.36. The van der Waals surface area contributed by atoms with Gasteiger partial charge in [-0.05, 0) is 30.5 Å². The molecule has 106 valence electrons. The van der Waals surface area contributed by atoms with Crippen LogP contribution in [0.3, 0.4) is 0 Å². The summed E-state index contributed by atoms with van der Waals surface area (Å²) < 4.78 is 25.8. The summed E-state index contributed by atoms with van der Waals surface area (Å²) >= 11 is 0. The van der Waals surface area contributed by atoms with Crippen LogP contribution >= 0.6 is 0 Å². The number of aryl methyl sites for hydroxylation is 1. The second kappa shape index (κ2) is 6.44. The van der Waals surface area contributed by atoms with E-state index >= 15 is 0 Å². The van der Waals surface area contributed by atoms with Crippen molar-refractivity contribution in [2.24, 2.45) is 0 Å². The minimum atomic E-state index is -2.26. The lowest BCUT2D eigenvalue weighted by Crippen LogP contribution is -2.45. The van der Waals surface area contributed by atoms with Crippen molar-refractivity contribution in [2.45, 2.75) is 32.7 Å². The Morgan fingerprint density at radius 2 is 1.89 bits per heavy atom. The summed E-state index contributed by atoms with van der Waals surface area (Å²) in [7, 11) is 0. The monoisotopic (exact) mass is 268 g/mol. The van der Waals surface area contributed by atoms with E-state index in [-0.39, 0.29) is 12.5 Å². The molecule has 4 heteroatoms. The molecule has 2 nitrogen and oxygen atoms in total. The van der Waals surface area contributed by atoms with Crippen molar-refractivity contribution in [1.29, 1.82) is 0 Å². The minimum Gasteiger partial charge on any atom is -0.314 e. The van der Waals surface area contributed by atoms with E-state index in [1.807, 2.05) is 32.0 Å². The van der Waals surface area contributed by atoms with E-state index in [1.54, 1.807) is 0 Å². The molecule has 1 N–H and O–H groups in total. The van der Waals surface area contributed by atoms with Crippen molar-refractivity contribution >= 4 is 0 Å². The van der Waals surface area contributed by atoms with Gasteiger partial charge in [-0.15, -0.1) is 0 Å². The molecule has 2 rings (SSSR count). The van der Waals surface area contributed by atoms with Crippen LogP contribution in [-0.2, 0) is 0 Å². The van der Waals surface area contributed by atoms with Crippen molar-refractivity contribution in [1.82, 2.24) is 10.2 Å². The van der Waals surface area contributed by atoms with Crippen molar-refractivity contribution in [3.63, 3.8) is 0 Å². The van der Waals surface area contributed by atoms with Crippen LogP contribution in [-0.4, -0.2) is 37.5 Å². The van der Waals surface area contributed by atoms with Crippen molar-refractivity contribution < 1.29 is 8.78 Å². The molecule has 0 saturated carbocycles. The number of hydrogen-bond acceptors (Lipinski definition) is 2. The fourth-order valence-corrected chi connectivity index (χ4v) is 2.77. The zero-order valence-electron chi connectivity index (χ0n) is 11.6. The van der Waals surface area contributed by atoms with Crippen molar-refractivity contribution in [3.8, 4) is 0 Å². The van der Waals surface area contributed by atoms with Gasteiger partial charge in [-0.2, -0.15) is 0 Å². The number of alkyl halides is 2. The molecule has 1 aromatic rings. The summed E-state index contributed by atoms with van der Waals surface area (Å²) in [6, 6.07) is 5.84. The Balaban J connectivity index is 2.27. The second-order valence-corrected chi connectivity index (χ2v) is 5.22. The summed E-state index contributed by atoms with van der Waals surface area (Å²) in [4.78, 5) is 2.18. The summed E-state index contributed by atoms with van der Waals surface area (Å²) in [6.45, 7) is 7.51. The van der Waals surface area contributed by atoms with Crippen molar-refractivity contribution in [2.75, 3.05) is 26.2 Å². The van der Waals surface area contributed by atoms with Crippen molar-refractivity contribution in [3.05, 3.63) is 34.9 Å². The number of benzene rings is 1. The highest BCUT2D eigenvalue weighted by molar-refractivity contribution is 5.35. The highest BCUT2D eigenvalue weighted by Gasteiger charge is 2.26. The molecular weight excluding hydrogens is 246 g/mol. The Labute approximate surface area is 113 Å². The summed E-state index contributed by atoms with van der Waals surface area (Å²) in [5.41, 5.74) is 3.38. The van der Waals surface area contributed by atoms with Gasteiger partial charge in [0, 0.05) is 38.6 Å². The smallest absolute Gasteiger partial charge is 0.240 e. The molecule has 0 aliphatic carbocycles. The second-order valence-electron chi connectivity index (χ2n) is 5.22. The molecule has 0 radical (unpaired) electrons. The Kier molecular flexibility index (Phi) is 4.88. The Hall–Kier alpha value is -1.00. The maximum Gasteiger partial charge on any atom is 0.240 e. The number of rotatable bonds is 4. The largest absolute Gasteiger partial charge is 0.314 e. The predicted octanol–water partition coefficient (Wildman–Crippen LogP) is 2.90. The standard InChI is InChI=1S/C15H22F2N2/c1-11-4-3-5-13(12(11)2)14(10-15(16)17)19-8-6-18-7-9-19/h3-5,14-15,18H,6-10H2,1-2H3/t14-/m1/s1. The molecule has 1 heterocycles. The van der Waals surface area contributed by atoms with E-state index < -0.39 is 6.43 Å².